The van der Waals surface area contributed by atoms with Crippen LogP contribution in [-0.4, -0.2) is 19.6 Å². The van der Waals surface area contributed by atoms with E-state index in [-0.39, 0.29) is 6.04 Å². The minimum Gasteiger partial charge on any atom is -0.364 e. The molecule has 0 aliphatic rings. The van der Waals surface area contributed by atoms with Gasteiger partial charge in [-0.05, 0) is 49.7 Å². The van der Waals surface area contributed by atoms with Crippen molar-refractivity contribution in [2.45, 2.75) is 19.9 Å². The number of hydrogen-bond acceptors (Lipinski definition) is 4. The number of aryl methyl sites for hydroxylation is 1. The molecule has 0 bridgehead atoms. The molecule has 0 aliphatic carbocycles. The lowest BCUT2D eigenvalue weighted by Gasteiger charge is -2.15. The summed E-state index contributed by atoms with van der Waals surface area (Å²) in [7, 11) is 0. The maximum Gasteiger partial charge on any atom is 0.154 e. The molecule has 0 aliphatic heterocycles. The van der Waals surface area contributed by atoms with Crippen molar-refractivity contribution >= 4 is 11.5 Å². The van der Waals surface area contributed by atoms with Gasteiger partial charge in [0.05, 0.1) is 5.69 Å². The van der Waals surface area contributed by atoms with E-state index < -0.39 is 0 Å². The van der Waals surface area contributed by atoms with Crippen LogP contribution in [0.25, 0.3) is 28.2 Å². The molecular weight excluding hydrogens is 382 g/mol. The molecule has 31 heavy (non-hydrogen) atoms. The molecule has 2 aromatic carbocycles. The lowest BCUT2D eigenvalue weighted by atomic mass is 10.0. The number of nitrogens with one attached hydrogen (secondary N) is 1. The van der Waals surface area contributed by atoms with E-state index in [4.69, 9.17) is 4.98 Å². The van der Waals surface area contributed by atoms with Crippen molar-refractivity contribution in [2.24, 2.45) is 0 Å². The van der Waals surface area contributed by atoms with Crippen LogP contribution in [-0.2, 0) is 0 Å². The van der Waals surface area contributed by atoms with Crippen molar-refractivity contribution in [1.82, 2.24) is 19.6 Å². The van der Waals surface area contributed by atoms with E-state index in [1.165, 1.54) is 11.1 Å². The van der Waals surface area contributed by atoms with Crippen LogP contribution in [0.3, 0.4) is 0 Å². The van der Waals surface area contributed by atoms with Crippen LogP contribution in [0, 0.1) is 6.92 Å². The van der Waals surface area contributed by atoms with Crippen molar-refractivity contribution in [3.8, 4) is 22.5 Å². The number of nitrogens with zero attached hydrogens (tertiary/aromatic N) is 4. The Morgan fingerprint density at radius 3 is 2.55 bits per heavy atom. The number of benzene rings is 2. The summed E-state index contributed by atoms with van der Waals surface area (Å²) in [6.07, 6.45) is 3.62. The van der Waals surface area contributed by atoms with E-state index in [2.05, 4.69) is 83.8 Å². The van der Waals surface area contributed by atoms with Crippen LogP contribution in [0.5, 0.6) is 0 Å². The highest BCUT2D eigenvalue weighted by Crippen LogP contribution is 2.33. The van der Waals surface area contributed by atoms with Gasteiger partial charge >= 0.3 is 0 Å². The standard InChI is InChI=1S/C26H23N5/c1-18-8-6-11-21(16-18)25-26(31-24(30-25)12-7-14-28-31)22-13-15-27-23(17-22)29-19(2)20-9-4-3-5-10-20/h3-17,19H,1-2H3,(H,27,29)/t19-/m0/s1. The van der Waals surface area contributed by atoms with Gasteiger partial charge in [0, 0.05) is 29.6 Å². The van der Waals surface area contributed by atoms with E-state index in [1.807, 2.05) is 35.0 Å². The van der Waals surface area contributed by atoms with Gasteiger partial charge in [0.25, 0.3) is 0 Å². The molecule has 0 radical (unpaired) electrons. The summed E-state index contributed by atoms with van der Waals surface area (Å²) >= 11 is 0. The zero-order valence-corrected chi connectivity index (χ0v) is 17.5. The van der Waals surface area contributed by atoms with Crippen molar-refractivity contribution < 1.29 is 0 Å². The highest BCUT2D eigenvalue weighted by molar-refractivity contribution is 5.82. The molecule has 3 heterocycles. The lowest BCUT2D eigenvalue weighted by molar-refractivity contribution is 0.874. The smallest absolute Gasteiger partial charge is 0.154 e. The first-order chi connectivity index (χ1) is 15.2. The fourth-order valence-electron chi connectivity index (χ4n) is 3.85. The predicted molar refractivity (Wildman–Crippen MR) is 125 cm³/mol. The summed E-state index contributed by atoms with van der Waals surface area (Å²) in [6, 6.07) is 26.9. The largest absolute Gasteiger partial charge is 0.364 e. The van der Waals surface area contributed by atoms with Crippen LogP contribution in [0.2, 0.25) is 0 Å². The van der Waals surface area contributed by atoms with Gasteiger partial charge in [-0.25, -0.2) is 14.5 Å². The second-order valence-electron chi connectivity index (χ2n) is 7.68. The maximum absolute atomic E-state index is 4.90. The van der Waals surface area contributed by atoms with E-state index in [0.29, 0.717) is 0 Å². The average molecular weight is 406 g/mol. The number of anilines is 1. The molecule has 152 valence electrons. The van der Waals surface area contributed by atoms with Crippen molar-refractivity contribution in [3.63, 3.8) is 0 Å². The van der Waals surface area contributed by atoms with Crippen molar-refractivity contribution in [1.29, 1.82) is 0 Å². The molecule has 1 N–H and O–H groups in total. The minimum absolute atomic E-state index is 0.139. The van der Waals surface area contributed by atoms with Gasteiger partial charge in [0.15, 0.2) is 5.65 Å². The topological polar surface area (TPSA) is 55.1 Å². The first kappa shape index (κ1) is 19.0. The van der Waals surface area contributed by atoms with Gasteiger partial charge in [-0.15, -0.1) is 0 Å². The lowest BCUT2D eigenvalue weighted by Crippen LogP contribution is -2.07. The molecule has 5 heteroatoms. The van der Waals surface area contributed by atoms with E-state index in [9.17, 15) is 0 Å². The Hall–Kier alpha value is -3.99. The monoisotopic (exact) mass is 405 g/mol. The Balaban J connectivity index is 1.60. The van der Waals surface area contributed by atoms with Gasteiger partial charge < -0.3 is 5.32 Å². The van der Waals surface area contributed by atoms with Gasteiger partial charge in [-0.3, -0.25) is 0 Å². The Labute approximate surface area is 181 Å². The molecular formula is C26H23N5. The van der Waals surface area contributed by atoms with E-state index in [1.54, 1.807) is 6.20 Å². The van der Waals surface area contributed by atoms with Crippen molar-refractivity contribution in [2.75, 3.05) is 5.32 Å². The second kappa shape index (κ2) is 8.03. The highest BCUT2D eigenvalue weighted by Gasteiger charge is 2.18. The molecule has 0 saturated carbocycles. The molecule has 5 aromatic rings. The summed E-state index contributed by atoms with van der Waals surface area (Å²) in [5.74, 6) is 0.815. The number of pyridine rings is 1. The van der Waals surface area contributed by atoms with Gasteiger partial charge in [0.2, 0.25) is 0 Å². The minimum atomic E-state index is 0.139. The third-order valence-electron chi connectivity index (χ3n) is 5.38. The summed E-state index contributed by atoms with van der Waals surface area (Å²) in [4.78, 5) is 9.45. The van der Waals surface area contributed by atoms with Gasteiger partial charge in [-0.1, -0.05) is 54.1 Å². The van der Waals surface area contributed by atoms with Crippen LogP contribution in [0.4, 0.5) is 5.82 Å². The average Bonchev–Trinajstić information content (AvgIpc) is 3.19. The Kier molecular flexibility index (Phi) is 4.92. The quantitative estimate of drug-likeness (QED) is 0.393. The number of imidazole rings is 1. The van der Waals surface area contributed by atoms with E-state index in [0.717, 1.165) is 34.0 Å². The predicted octanol–water partition coefficient (Wildman–Crippen LogP) is 5.94. The molecule has 0 saturated heterocycles. The number of fused-ring (bicyclic) bond motifs is 1. The first-order valence-electron chi connectivity index (χ1n) is 10.4. The maximum atomic E-state index is 4.90. The van der Waals surface area contributed by atoms with Gasteiger partial charge in [-0.2, -0.15) is 5.10 Å². The number of aromatic nitrogens is 4. The molecule has 5 rings (SSSR count). The zero-order chi connectivity index (χ0) is 21.2. The molecule has 5 nitrogen and oxygen atoms in total. The zero-order valence-electron chi connectivity index (χ0n) is 17.5. The summed E-state index contributed by atoms with van der Waals surface area (Å²) in [5.41, 5.74) is 7.19. The first-order valence-corrected chi connectivity index (χ1v) is 10.4. The number of hydrogen-bond donors (Lipinski definition) is 1. The van der Waals surface area contributed by atoms with E-state index >= 15 is 0 Å². The van der Waals surface area contributed by atoms with Crippen LogP contribution < -0.4 is 5.32 Å². The molecule has 3 aromatic heterocycles. The fraction of sp³-hybridized carbons (Fsp3) is 0.115. The van der Waals surface area contributed by atoms with Crippen molar-refractivity contribution in [3.05, 3.63) is 102 Å². The molecule has 0 fully saturated rings. The fourth-order valence-corrected chi connectivity index (χ4v) is 3.85. The normalized spacial score (nSPS) is 12.1. The van der Waals surface area contributed by atoms with Crippen LogP contribution in [0.1, 0.15) is 24.1 Å². The molecule has 0 amide bonds. The second-order valence-corrected chi connectivity index (χ2v) is 7.68. The Morgan fingerprint density at radius 2 is 1.71 bits per heavy atom. The molecule has 0 spiro atoms. The third kappa shape index (κ3) is 3.78. The highest BCUT2D eigenvalue weighted by atomic mass is 15.3. The molecule has 1 atom stereocenters. The molecule has 0 unspecified atom stereocenters. The Morgan fingerprint density at radius 1 is 0.839 bits per heavy atom. The van der Waals surface area contributed by atoms with Crippen LogP contribution in [0.15, 0.2) is 91.3 Å². The van der Waals surface area contributed by atoms with Gasteiger partial charge in [0.1, 0.15) is 11.5 Å². The summed E-state index contributed by atoms with van der Waals surface area (Å²) < 4.78 is 1.90. The summed E-state index contributed by atoms with van der Waals surface area (Å²) in [6.45, 7) is 4.23. The summed E-state index contributed by atoms with van der Waals surface area (Å²) in [5, 5.41) is 8.09. The number of rotatable bonds is 5. The third-order valence-corrected chi connectivity index (χ3v) is 5.38. The van der Waals surface area contributed by atoms with Crippen LogP contribution >= 0.6 is 0 Å². The Bertz CT molecular complexity index is 1340. The SMILES string of the molecule is Cc1cccc(-c2nc3cccnn3c2-c2ccnc(N[C@@H](C)c3ccccc3)c2)c1.